The lowest BCUT2D eigenvalue weighted by molar-refractivity contribution is -0.131. The van der Waals surface area contributed by atoms with Crippen molar-refractivity contribution in [3.05, 3.63) is 10.5 Å². The van der Waals surface area contributed by atoms with Crippen LogP contribution in [0.1, 0.15) is 39.2 Å². The standard InChI is InChI=1S/C14H22N4O4S2/c1-3-17(11-6-7-24(21,22)8-11)12(19)9(2)23-14-16-15-13(20)18(14)10-4-5-10/h9-11H,3-8H2,1-2H3,(H,15,20)/t9-,11-/m1/s1. The highest BCUT2D eigenvalue weighted by molar-refractivity contribution is 8.00. The molecular formula is C14H22N4O4S2. The third-order valence-corrected chi connectivity index (χ3v) is 7.29. The number of thioether (sulfide) groups is 1. The summed E-state index contributed by atoms with van der Waals surface area (Å²) in [6, 6.07) is -0.0661. The summed E-state index contributed by atoms with van der Waals surface area (Å²) in [5.41, 5.74) is -0.242. The number of aromatic nitrogens is 3. The summed E-state index contributed by atoms with van der Waals surface area (Å²) in [6.45, 7) is 4.10. The summed E-state index contributed by atoms with van der Waals surface area (Å²) in [4.78, 5) is 26.2. The number of nitrogens with zero attached hydrogens (tertiary/aromatic N) is 3. The summed E-state index contributed by atoms with van der Waals surface area (Å²) in [5, 5.41) is 6.57. The van der Waals surface area contributed by atoms with Gasteiger partial charge in [0.1, 0.15) is 0 Å². The maximum atomic E-state index is 12.8. The fraction of sp³-hybridized carbons (Fsp3) is 0.786. The molecule has 0 aromatic carbocycles. The number of aromatic amines is 1. The van der Waals surface area contributed by atoms with E-state index in [1.807, 2.05) is 6.92 Å². The molecule has 8 nitrogen and oxygen atoms in total. The Morgan fingerprint density at radius 2 is 2.17 bits per heavy atom. The van der Waals surface area contributed by atoms with Crippen LogP contribution in [-0.4, -0.2) is 63.3 Å². The molecule has 24 heavy (non-hydrogen) atoms. The van der Waals surface area contributed by atoms with Gasteiger partial charge >= 0.3 is 5.69 Å². The fourth-order valence-corrected chi connectivity index (χ4v) is 5.81. The average Bonchev–Trinajstić information content (AvgIpc) is 3.20. The molecule has 2 fully saturated rings. The van der Waals surface area contributed by atoms with Crippen molar-refractivity contribution in [1.29, 1.82) is 0 Å². The maximum Gasteiger partial charge on any atom is 0.344 e. The first kappa shape index (κ1) is 17.5. The Labute approximate surface area is 144 Å². The van der Waals surface area contributed by atoms with Gasteiger partial charge in [-0.15, -0.1) is 5.10 Å². The Morgan fingerprint density at radius 1 is 1.46 bits per heavy atom. The first-order chi connectivity index (χ1) is 11.3. The minimum atomic E-state index is -3.04. The van der Waals surface area contributed by atoms with Crippen LogP contribution >= 0.6 is 11.8 Å². The minimum Gasteiger partial charge on any atom is -0.338 e. The van der Waals surface area contributed by atoms with E-state index in [-0.39, 0.29) is 35.2 Å². The lowest BCUT2D eigenvalue weighted by Gasteiger charge is -2.29. The molecule has 2 aliphatic rings. The van der Waals surface area contributed by atoms with Crippen molar-refractivity contribution in [2.45, 2.75) is 55.6 Å². The summed E-state index contributed by atoms with van der Waals surface area (Å²) in [5.74, 6) is 0.0744. The Kier molecular flexibility index (Phi) is 4.78. The van der Waals surface area contributed by atoms with E-state index in [0.29, 0.717) is 18.1 Å². The second-order valence-corrected chi connectivity index (χ2v) is 9.89. The Morgan fingerprint density at radius 3 is 2.71 bits per heavy atom. The van der Waals surface area contributed by atoms with Gasteiger partial charge < -0.3 is 4.90 Å². The zero-order chi connectivity index (χ0) is 17.5. The van der Waals surface area contributed by atoms with E-state index in [9.17, 15) is 18.0 Å². The van der Waals surface area contributed by atoms with E-state index in [1.165, 1.54) is 11.8 Å². The Bertz CT molecular complexity index is 781. The van der Waals surface area contributed by atoms with Gasteiger partial charge in [-0.05, 0) is 33.1 Å². The van der Waals surface area contributed by atoms with Crippen molar-refractivity contribution < 1.29 is 13.2 Å². The highest BCUT2D eigenvalue weighted by Gasteiger charge is 2.36. The van der Waals surface area contributed by atoms with Crippen LogP contribution < -0.4 is 5.69 Å². The molecule has 1 saturated heterocycles. The van der Waals surface area contributed by atoms with Crippen molar-refractivity contribution in [3.63, 3.8) is 0 Å². The third-order valence-electron chi connectivity index (χ3n) is 4.49. The van der Waals surface area contributed by atoms with Crippen molar-refractivity contribution >= 4 is 27.5 Å². The van der Waals surface area contributed by atoms with Crippen LogP contribution in [0.3, 0.4) is 0 Å². The van der Waals surface area contributed by atoms with E-state index in [4.69, 9.17) is 0 Å². The molecule has 3 rings (SSSR count). The molecule has 0 radical (unpaired) electrons. The first-order valence-electron chi connectivity index (χ1n) is 8.17. The molecule has 2 atom stereocenters. The number of carbonyl (C=O) groups excluding carboxylic acids is 1. The van der Waals surface area contributed by atoms with E-state index in [0.717, 1.165) is 12.8 Å². The molecule has 0 spiro atoms. The highest BCUT2D eigenvalue weighted by atomic mass is 32.2. The lowest BCUT2D eigenvalue weighted by Crippen LogP contribution is -2.44. The van der Waals surface area contributed by atoms with Crippen LogP contribution in [0.2, 0.25) is 0 Å². The number of sulfone groups is 1. The zero-order valence-electron chi connectivity index (χ0n) is 13.8. The predicted octanol–water partition coefficient (Wildman–Crippen LogP) is 0.422. The van der Waals surface area contributed by atoms with Crippen molar-refractivity contribution in [2.24, 2.45) is 0 Å². The molecule has 1 aromatic heterocycles. The molecule has 0 unspecified atom stereocenters. The summed E-state index contributed by atoms with van der Waals surface area (Å²) in [6.07, 6.45) is 2.40. The first-order valence-corrected chi connectivity index (χ1v) is 10.9. The number of amides is 1. The van der Waals surface area contributed by atoms with Gasteiger partial charge in [-0.2, -0.15) is 0 Å². The number of H-pyrrole nitrogens is 1. The van der Waals surface area contributed by atoms with Crippen molar-refractivity contribution in [2.75, 3.05) is 18.1 Å². The molecule has 0 bridgehead atoms. The third kappa shape index (κ3) is 3.53. The SMILES string of the molecule is CCN(C(=O)[C@@H](C)Sc1n[nH]c(=O)n1C1CC1)[C@@H]1CCS(=O)(=O)C1. The molecule has 1 saturated carbocycles. The van der Waals surface area contributed by atoms with Crippen LogP contribution in [0, 0.1) is 0 Å². The van der Waals surface area contributed by atoms with Gasteiger partial charge in [-0.3, -0.25) is 9.36 Å². The van der Waals surface area contributed by atoms with Gasteiger partial charge in [0.2, 0.25) is 5.91 Å². The van der Waals surface area contributed by atoms with E-state index >= 15 is 0 Å². The summed E-state index contributed by atoms with van der Waals surface area (Å²) >= 11 is 1.25. The fourth-order valence-electron chi connectivity index (χ4n) is 3.09. The van der Waals surface area contributed by atoms with E-state index in [2.05, 4.69) is 10.2 Å². The smallest absolute Gasteiger partial charge is 0.338 e. The topological polar surface area (TPSA) is 105 Å². The number of carbonyl (C=O) groups is 1. The van der Waals surface area contributed by atoms with Crippen molar-refractivity contribution in [3.8, 4) is 0 Å². The monoisotopic (exact) mass is 374 g/mol. The zero-order valence-corrected chi connectivity index (χ0v) is 15.4. The Balaban J connectivity index is 1.71. The largest absolute Gasteiger partial charge is 0.344 e. The predicted molar refractivity (Wildman–Crippen MR) is 90.9 cm³/mol. The average molecular weight is 374 g/mol. The highest BCUT2D eigenvalue weighted by Crippen LogP contribution is 2.37. The molecule has 10 heteroatoms. The van der Waals surface area contributed by atoms with Gasteiger partial charge in [0.25, 0.3) is 0 Å². The normalized spacial score (nSPS) is 24.0. The number of nitrogens with one attached hydrogen (secondary N) is 1. The molecule has 1 N–H and O–H groups in total. The van der Waals surface area contributed by atoms with Crippen LogP contribution in [0.25, 0.3) is 0 Å². The second-order valence-electron chi connectivity index (χ2n) is 6.35. The maximum absolute atomic E-state index is 12.8. The van der Waals surface area contributed by atoms with Crippen molar-refractivity contribution in [1.82, 2.24) is 19.7 Å². The van der Waals surface area contributed by atoms with Gasteiger partial charge in [-0.25, -0.2) is 18.3 Å². The number of hydrogen-bond acceptors (Lipinski definition) is 6. The summed E-state index contributed by atoms with van der Waals surface area (Å²) < 4.78 is 25.0. The molecule has 1 aromatic rings. The Hall–Kier alpha value is -1.29. The molecule has 1 aliphatic heterocycles. The summed E-state index contributed by atoms with van der Waals surface area (Å²) in [7, 11) is -3.04. The van der Waals surface area contributed by atoms with Crippen LogP contribution in [0.15, 0.2) is 9.95 Å². The van der Waals surface area contributed by atoms with Crippen LogP contribution in [0.5, 0.6) is 0 Å². The van der Waals surface area contributed by atoms with E-state index < -0.39 is 15.1 Å². The van der Waals surface area contributed by atoms with Crippen LogP contribution in [0.4, 0.5) is 0 Å². The van der Waals surface area contributed by atoms with Gasteiger partial charge in [0, 0.05) is 18.6 Å². The quantitative estimate of drug-likeness (QED) is 0.724. The van der Waals surface area contributed by atoms with Gasteiger partial charge in [0.05, 0.1) is 16.8 Å². The van der Waals surface area contributed by atoms with Gasteiger partial charge in [-0.1, -0.05) is 11.8 Å². The molecule has 1 aliphatic carbocycles. The van der Waals surface area contributed by atoms with Gasteiger partial charge in [0.15, 0.2) is 15.0 Å². The van der Waals surface area contributed by atoms with Crippen LogP contribution in [-0.2, 0) is 14.6 Å². The molecule has 2 heterocycles. The lowest BCUT2D eigenvalue weighted by atomic mass is 10.2. The number of hydrogen-bond donors (Lipinski definition) is 1. The molecule has 134 valence electrons. The van der Waals surface area contributed by atoms with E-state index in [1.54, 1.807) is 16.4 Å². The minimum absolute atomic E-state index is 0.0408. The molecule has 1 amide bonds. The number of rotatable bonds is 6. The second kappa shape index (κ2) is 6.55. The molecular weight excluding hydrogens is 352 g/mol.